The smallest absolute Gasteiger partial charge is 0.318 e. The predicted octanol–water partition coefficient (Wildman–Crippen LogP) is 4.92. The lowest BCUT2D eigenvalue weighted by Gasteiger charge is -2.44. The summed E-state index contributed by atoms with van der Waals surface area (Å²) in [5, 5.41) is 0. The molecule has 4 heteroatoms. The minimum absolute atomic E-state index is 0.0529. The van der Waals surface area contributed by atoms with Crippen LogP contribution in [0.15, 0.2) is 48.5 Å². The fourth-order valence-electron chi connectivity index (χ4n) is 4.62. The van der Waals surface area contributed by atoms with Gasteiger partial charge in [-0.25, -0.2) is 0 Å². The second-order valence-corrected chi connectivity index (χ2v) is 7.55. The molecular formula is C23H24O4. The van der Waals surface area contributed by atoms with Crippen LogP contribution in [0.1, 0.15) is 60.4 Å². The van der Waals surface area contributed by atoms with Crippen molar-refractivity contribution in [3.63, 3.8) is 0 Å². The van der Waals surface area contributed by atoms with Crippen molar-refractivity contribution < 1.29 is 19.1 Å². The highest BCUT2D eigenvalue weighted by Crippen LogP contribution is 2.54. The van der Waals surface area contributed by atoms with E-state index in [0.29, 0.717) is 17.7 Å². The molecule has 140 valence electrons. The van der Waals surface area contributed by atoms with Gasteiger partial charge in [0.2, 0.25) is 0 Å². The number of methoxy groups -OCH3 is 1. The first kappa shape index (κ1) is 17.8. The summed E-state index contributed by atoms with van der Waals surface area (Å²) in [7, 11) is 1.61. The average molecular weight is 364 g/mol. The number of rotatable bonds is 4. The number of hydrogen-bond donors (Lipinski definition) is 0. The second-order valence-electron chi connectivity index (χ2n) is 7.55. The molecule has 0 bridgehead atoms. The Kier molecular flexibility index (Phi) is 4.73. The number of ether oxygens (including phenoxy) is 2. The van der Waals surface area contributed by atoms with Crippen LogP contribution in [-0.4, -0.2) is 18.9 Å². The minimum atomic E-state index is -0.575. The number of fused-ring (bicyclic) bond motifs is 1. The third kappa shape index (κ3) is 3.14. The minimum Gasteiger partial charge on any atom is -0.497 e. The highest BCUT2D eigenvalue weighted by molar-refractivity contribution is 5.97. The number of ketones is 1. The van der Waals surface area contributed by atoms with Crippen LogP contribution in [0.4, 0.5) is 0 Å². The first-order valence-electron chi connectivity index (χ1n) is 9.62. The number of esters is 1. The molecule has 0 amide bonds. The van der Waals surface area contributed by atoms with Crippen LogP contribution in [0.3, 0.4) is 0 Å². The molecule has 0 saturated heterocycles. The van der Waals surface area contributed by atoms with Gasteiger partial charge in [0.25, 0.3) is 0 Å². The van der Waals surface area contributed by atoms with E-state index in [9.17, 15) is 9.59 Å². The van der Waals surface area contributed by atoms with Gasteiger partial charge >= 0.3 is 5.97 Å². The van der Waals surface area contributed by atoms with Gasteiger partial charge in [-0.1, -0.05) is 37.5 Å². The molecule has 0 radical (unpaired) electrons. The third-order valence-electron chi connectivity index (χ3n) is 6.12. The molecule has 1 unspecified atom stereocenters. The Balaban J connectivity index is 1.69. The fraction of sp³-hybridized carbons (Fsp3) is 0.391. The maximum absolute atomic E-state index is 13.1. The van der Waals surface area contributed by atoms with Crippen LogP contribution in [0.25, 0.3) is 0 Å². The summed E-state index contributed by atoms with van der Waals surface area (Å²) in [6.07, 6.45) is 5.05. The molecule has 1 atom stereocenters. The van der Waals surface area contributed by atoms with E-state index in [-0.39, 0.29) is 17.7 Å². The highest BCUT2D eigenvalue weighted by atomic mass is 16.5. The molecule has 2 aromatic carbocycles. The second kappa shape index (κ2) is 7.18. The summed E-state index contributed by atoms with van der Waals surface area (Å²) >= 11 is 0. The van der Waals surface area contributed by atoms with Crippen LogP contribution >= 0.6 is 0 Å². The van der Waals surface area contributed by atoms with E-state index < -0.39 is 5.41 Å². The Bertz CT molecular complexity index is 847. The molecule has 0 N–H and O–H groups in total. The van der Waals surface area contributed by atoms with Crippen LogP contribution < -0.4 is 9.47 Å². The van der Waals surface area contributed by atoms with E-state index >= 15 is 0 Å². The number of benzene rings is 2. The van der Waals surface area contributed by atoms with Gasteiger partial charge in [-0.2, -0.15) is 0 Å². The molecule has 1 aliphatic carbocycles. The predicted molar refractivity (Wildman–Crippen MR) is 102 cm³/mol. The van der Waals surface area contributed by atoms with E-state index in [4.69, 9.17) is 9.47 Å². The van der Waals surface area contributed by atoms with Gasteiger partial charge in [-0.15, -0.1) is 0 Å². The van der Waals surface area contributed by atoms with Crippen molar-refractivity contribution in [2.75, 3.05) is 7.11 Å². The normalized spacial score (nSPS) is 20.6. The maximum atomic E-state index is 13.1. The topological polar surface area (TPSA) is 52.6 Å². The van der Waals surface area contributed by atoms with Gasteiger partial charge in [0.1, 0.15) is 11.5 Å². The summed E-state index contributed by atoms with van der Waals surface area (Å²) in [6.45, 7) is 0. The highest BCUT2D eigenvalue weighted by Gasteiger charge is 2.52. The number of para-hydroxylation sites is 1. The van der Waals surface area contributed by atoms with Crippen LogP contribution in [0.5, 0.6) is 11.5 Å². The molecule has 1 fully saturated rings. The number of hydrogen-bond acceptors (Lipinski definition) is 4. The lowest BCUT2D eigenvalue weighted by Crippen LogP contribution is -2.45. The number of carbonyl (C=O) groups is 2. The Morgan fingerprint density at radius 2 is 1.78 bits per heavy atom. The van der Waals surface area contributed by atoms with Gasteiger partial charge in [-0.05, 0) is 48.7 Å². The summed E-state index contributed by atoms with van der Waals surface area (Å²) in [5.74, 6) is 1.09. The standard InChI is InChI=1S/C23H24O4/c1-26-17-11-9-16(10-12-17)20(24)15-19-18-7-3-4-8-21(18)27-22(25)23(19)13-5-2-6-14-23/h3-4,7-12,19H,2,5-6,13-15H2,1H3. The van der Waals surface area contributed by atoms with Gasteiger partial charge in [0.05, 0.1) is 12.5 Å². The lowest BCUT2D eigenvalue weighted by atomic mass is 9.61. The van der Waals surface area contributed by atoms with Crippen molar-refractivity contribution in [3.8, 4) is 11.5 Å². The monoisotopic (exact) mass is 364 g/mol. The Hall–Kier alpha value is -2.62. The van der Waals surface area contributed by atoms with Gasteiger partial charge in [0.15, 0.2) is 5.78 Å². The summed E-state index contributed by atoms with van der Waals surface area (Å²) in [6, 6.07) is 14.8. The first-order valence-corrected chi connectivity index (χ1v) is 9.62. The van der Waals surface area contributed by atoms with Gasteiger partial charge in [0, 0.05) is 17.9 Å². The molecular weight excluding hydrogens is 340 g/mol. The molecule has 4 nitrogen and oxygen atoms in total. The summed E-state index contributed by atoms with van der Waals surface area (Å²) < 4.78 is 10.9. The van der Waals surface area contributed by atoms with Gasteiger partial charge in [-0.3, -0.25) is 9.59 Å². The summed E-state index contributed by atoms with van der Waals surface area (Å²) in [4.78, 5) is 26.1. The lowest BCUT2D eigenvalue weighted by molar-refractivity contribution is -0.152. The number of Topliss-reactive ketones (excluding diaryl/α,β-unsaturated/α-hetero) is 1. The molecule has 1 aliphatic heterocycles. The van der Waals surface area contributed by atoms with Gasteiger partial charge < -0.3 is 9.47 Å². The molecule has 4 rings (SSSR count). The first-order chi connectivity index (χ1) is 13.1. The van der Waals surface area contributed by atoms with Crippen molar-refractivity contribution in [1.82, 2.24) is 0 Å². The average Bonchev–Trinajstić information content (AvgIpc) is 2.72. The van der Waals surface area contributed by atoms with Crippen molar-refractivity contribution in [1.29, 1.82) is 0 Å². The van der Waals surface area contributed by atoms with Crippen molar-refractivity contribution in [2.24, 2.45) is 5.41 Å². The quantitative estimate of drug-likeness (QED) is 0.439. The van der Waals surface area contributed by atoms with E-state index in [1.54, 1.807) is 31.4 Å². The zero-order chi connectivity index (χ0) is 18.9. The van der Waals surface area contributed by atoms with Crippen LogP contribution in [0, 0.1) is 5.41 Å². The van der Waals surface area contributed by atoms with E-state index in [2.05, 4.69) is 0 Å². The molecule has 0 aromatic heterocycles. The third-order valence-corrected chi connectivity index (χ3v) is 6.12. The molecule has 1 saturated carbocycles. The fourth-order valence-corrected chi connectivity index (χ4v) is 4.62. The SMILES string of the molecule is COc1ccc(C(=O)CC2c3ccccc3OC(=O)C23CCCCC3)cc1. The zero-order valence-electron chi connectivity index (χ0n) is 15.6. The maximum Gasteiger partial charge on any atom is 0.318 e. The molecule has 2 aromatic rings. The number of carbonyl (C=O) groups excluding carboxylic acids is 2. The van der Waals surface area contributed by atoms with E-state index in [1.165, 1.54) is 0 Å². The summed E-state index contributed by atoms with van der Waals surface area (Å²) in [5.41, 5.74) is 1.06. The van der Waals surface area contributed by atoms with Crippen LogP contribution in [0.2, 0.25) is 0 Å². The Morgan fingerprint density at radius 3 is 2.48 bits per heavy atom. The Morgan fingerprint density at radius 1 is 1.07 bits per heavy atom. The molecule has 1 spiro atoms. The zero-order valence-corrected chi connectivity index (χ0v) is 15.6. The molecule has 2 aliphatic rings. The van der Waals surface area contributed by atoms with Crippen molar-refractivity contribution in [2.45, 2.75) is 44.4 Å². The Labute approximate surface area is 159 Å². The van der Waals surface area contributed by atoms with Crippen molar-refractivity contribution in [3.05, 3.63) is 59.7 Å². The van der Waals surface area contributed by atoms with E-state index in [1.807, 2.05) is 24.3 Å². The largest absolute Gasteiger partial charge is 0.497 e. The van der Waals surface area contributed by atoms with Crippen LogP contribution in [-0.2, 0) is 4.79 Å². The molecule has 1 heterocycles. The van der Waals surface area contributed by atoms with E-state index in [0.717, 1.165) is 43.4 Å². The molecule has 27 heavy (non-hydrogen) atoms. The van der Waals surface area contributed by atoms with Crippen molar-refractivity contribution >= 4 is 11.8 Å².